The molecule has 2 atom stereocenters. The summed E-state index contributed by atoms with van der Waals surface area (Å²) >= 11 is 0. The van der Waals surface area contributed by atoms with E-state index >= 15 is 4.39 Å². The quantitative estimate of drug-likeness (QED) is 0.198. The average molecular weight is 676 g/mol. The first-order valence-electron chi connectivity index (χ1n) is 16.0. The van der Waals surface area contributed by atoms with Gasteiger partial charge in [0.15, 0.2) is 0 Å². The van der Waals surface area contributed by atoms with E-state index in [0.717, 1.165) is 30.3 Å². The van der Waals surface area contributed by atoms with Crippen LogP contribution in [0.5, 0.6) is 0 Å². The van der Waals surface area contributed by atoms with Crippen molar-refractivity contribution in [3.8, 4) is 11.1 Å². The lowest BCUT2D eigenvalue weighted by molar-refractivity contribution is -0.139. The van der Waals surface area contributed by atoms with Crippen molar-refractivity contribution in [3.63, 3.8) is 0 Å². The van der Waals surface area contributed by atoms with Crippen molar-refractivity contribution in [3.05, 3.63) is 91.4 Å². The molecule has 2 N–H and O–H groups in total. The van der Waals surface area contributed by atoms with E-state index in [1.54, 1.807) is 40.7 Å². The lowest BCUT2D eigenvalue weighted by Gasteiger charge is -2.31. The molecule has 2 heterocycles. The fourth-order valence-electron chi connectivity index (χ4n) is 6.46. The molecule has 4 rings (SSSR count). The summed E-state index contributed by atoms with van der Waals surface area (Å²) in [7, 11) is 0. The van der Waals surface area contributed by atoms with Crippen LogP contribution in [0.15, 0.2) is 35.3 Å². The Hall–Kier alpha value is -4.06. The number of pyridine rings is 1. The van der Waals surface area contributed by atoms with Crippen LogP contribution in [0.4, 0.5) is 22.0 Å². The molecule has 1 fully saturated rings. The molecule has 3 aromatic rings. The van der Waals surface area contributed by atoms with Crippen molar-refractivity contribution in [2.24, 2.45) is 5.92 Å². The van der Waals surface area contributed by atoms with Crippen LogP contribution >= 0.6 is 0 Å². The lowest BCUT2D eigenvalue weighted by atomic mass is 9.89. The first kappa shape index (κ1) is 36.8. The number of aliphatic carboxylic acids is 1. The van der Waals surface area contributed by atoms with Gasteiger partial charge in [0.05, 0.1) is 18.0 Å². The normalized spacial score (nSPS) is 14.9. The maximum atomic E-state index is 15.8. The fraction of sp³-hybridized carbons (Fsp3) is 0.472. The third-order valence-corrected chi connectivity index (χ3v) is 8.97. The Morgan fingerprint density at radius 2 is 1.60 bits per heavy atom. The minimum absolute atomic E-state index is 0.00248. The second-order valence-corrected chi connectivity index (χ2v) is 13.2. The second kappa shape index (κ2) is 14.6. The van der Waals surface area contributed by atoms with Crippen molar-refractivity contribution < 1.29 is 36.6 Å². The van der Waals surface area contributed by atoms with Crippen molar-refractivity contribution >= 4 is 11.9 Å². The summed E-state index contributed by atoms with van der Waals surface area (Å²) in [6.45, 7) is 11.9. The third kappa shape index (κ3) is 8.14. The Balaban J connectivity index is 1.79. The van der Waals surface area contributed by atoms with Gasteiger partial charge in [0.2, 0.25) is 5.91 Å². The van der Waals surface area contributed by atoms with E-state index in [2.05, 4.69) is 5.32 Å². The first-order valence-corrected chi connectivity index (χ1v) is 16.0. The lowest BCUT2D eigenvalue weighted by Crippen LogP contribution is -2.41. The first-order chi connectivity index (χ1) is 22.4. The summed E-state index contributed by atoms with van der Waals surface area (Å²) in [5, 5.41) is 12.4. The number of nitrogens with zero attached hydrogens (tertiary/aromatic N) is 2. The number of aromatic nitrogens is 1. The van der Waals surface area contributed by atoms with Gasteiger partial charge >= 0.3 is 12.1 Å². The molecule has 1 unspecified atom stereocenters. The fourth-order valence-corrected chi connectivity index (χ4v) is 6.46. The average Bonchev–Trinajstić information content (AvgIpc) is 2.95. The third-order valence-electron chi connectivity index (χ3n) is 8.97. The van der Waals surface area contributed by atoms with Gasteiger partial charge < -0.3 is 19.9 Å². The van der Waals surface area contributed by atoms with Gasteiger partial charge in [0.25, 0.3) is 5.56 Å². The number of benzene rings is 2. The number of rotatable bonds is 12. The van der Waals surface area contributed by atoms with Gasteiger partial charge in [-0.05, 0) is 117 Å². The van der Waals surface area contributed by atoms with Crippen LogP contribution in [0.3, 0.4) is 0 Å². The standard InChI is InChI=1S/C36H42F5N3O4/c1-19(2)12-29(44-18-24(8-11-43-9-7-10-43)27(16-30(44)45)36(39,40)41)35(48)42-28(17-31(46)47)26-15-25(14-22(5)34(26)38)32-20(3)13-21(4)33(37)23(32)6/h13-16,18-19,28-29H,7-12,17H2,1-6H3,(H,42,48)(H,46,47)/t28-,29?/m0/s1. The van der Waals surface area contributed by atoms with Crippen LogP contribution in [0.25, 0.3) is 11.1 Å². The number of amides is 1. The Bertz CT molecular complexity index is 1760. The van der Waals surface area contributed by atoms with Crippen LogP contribution < -0.4 is 10.9 Å². The summed E-state index contributed by atoms with van der Waals surface area (Å²) < 4.78 is 73.7. The molecule has 0 bridgehead atoms. The molecule has 0 spiro atoms. The number of nitrogens with one attached hydrogen (secondary N) is 1. The molecule has 260 valence electrons. The van der Waals surface area contributed by atoms with E-state index < -0.39 is 59.3 Å². The number of hydrogen-bond donors (Lipinski definition) is 2. The Labute approximate surface area is 276 Å². The number of carbonyl (C=O) groups excluding carboxylic acids is 1. The van der Waals surface area contributed by atoms with Crippen molar-refractivity contribution in [2.45, 2.75) is 85.5 Å². The molecule has 7 nitrogen and oxygen atoms in total. The predicted molar refractivity (Wildman–Crippen MR) is 173 cm³/mol. The van der Waals surface area contributed by atoms with Gasteiger partial charge in [-0.1, -0.05) is 19.9 Å². The van der Waals surface area contributed by atoms with E-state index in [1.807, 2.05) is 4.90 Å². The molecular formula is C36H42F5N3O4. The van der Waals surface area contributed by atoms with Crippen molar-refractivity contribution in [2.75, 3.05) is 19.6 Å². The Morgan fingerprint density at radius 3 is 2.17 bits per heavy atom. The van der Waals surface area contributed by atoms with E-state index in [4.69, 9.17) is 0 Å². The minimum atomic E-state index is -4.79. The summed E-state index contributed by atoms with van der Waals surface area (Å²) in [5.41, 5.74) is 0.138. The molecular weight excluding hydrogens is 633 g/mol. The number of alkyl halides is 3. The Morgan fingerprint density at radius 1 is 0.958 bits per heavy atom. The van der Waals surface area contributed by atoms with Crippen LogP contribution in [0, 0.1) is 45.2 Å². The molecule has 1 saturated heterocycles. The van der Waals surface area contributed by atoms with Crippen LogP contribution in [-0.2, 0) is 22.2 Å². The van der Waals surface area contributed by atoms with Crippen molar-refractivity contribution in [1.29, 1.82) is 0 Å². The zero-order valence-corrected chi connectivity index (χ0v) is 28.0. The van der Waals surface area contributed by atoms with E-state index in [-0.39, 0.29) is 35.4 Å². The minimum Gasteiger partial charge on any atom is -0.481 e. The van der Waals surface area contributed by atoms with Gasteiger partial charge in [0, 0.05) is 24.4 Å². The van der Waals surface area contributed by atoms with Crippen LogP contribution in [-0.4, -0.2) is 46.1 Å². The highest BCUT2D eigenvalue weighted by Crippen LogP contribution is 2.36. The van der Waals surface area contributed by atoms with Gasteiger partial charge in [-0.25, -0.2) is 8.78 Å². The van der Waals surface area contributed by atoms with Crippen LogP contribution in [0.2, 0.25) is 0 Å². The van der Waals surface area contributed by atoms with Crippen molar-refractivity contribution in [1.82, 2.24) is 14.8 Å². The smallest absolute Gasteiger partial charge is 0.416 e. The number of carbonyl (C=O) groups is 2. The molecule has 1 aliphatic heterocycles. The number of halogens is 5. The largest absolute Gasteiger partial charge is 0.481 e. The molecule has 0 radical (unpaired) electrons. The maximum absolute atomic E-state index is 15.8. The van der Waals surface area contributed by atoms with Gasteiger partial charge in [-0.2, -0.15) is 13.2 Å². The molecule has 1 amide bonds. The molecule has 0 saturated carbocycles. The van der Waals surface area contributed by atoms with E-state index in [1.165, 1.54) is 19.1 Å². The summed E-state index contributed by atoms with van der Waals surface area (Å²) in [5.74, 6) is -3.61. The van der Waals surface area contributed by atoms with Gasteiger partial charge in [-0.15, -0.1) is 0 Å². The van der Waals surface area contributed by atoms with Gasteiger partial charge in [-0.3, -0.25) is 14.4 Å². The van der Waals surface area contributed by atoms with Gasteiger partial charge in [0.1, 0.15) is 17.7 Å². The van der Waals surface area contributed by atoms with Crippen LogP contribution in [0.1, 0.15) is 84.1 Å². The number of aryl methyl sites for hydroxylation is 3. The predicted octanol–water partition coefficient (Wildman–Crippen LogP) is 7.21. The SMILES string of the molecule is Cc1cc(-c2c(C)cc(C)c(F)c2C)cc([C@H](CC(=O)O)NC(=O)C(CC(C)C)n2cc(CCN3CCC3)c(C(F)(F)F)cc2=O)c1F. The summed E-state index contributed by atoms with van der Waals surface area (Å²) in [6, 6.07) is 2.32. The molecule has 0 aliphatic carbocycles. The monoisotopic (exact) mass is 675 g/mol. The maximum Gasteiger partial charge on any atom is 0.416 e. The molecule has 1 aliphatic rings. The highest BCUT2D eigenvalue weighted by molar-refractivity contribution is 5.82. The molecule has 1 aromatic heterocycles. The molecule has 48 heavy (non-hydrogen) atoms. The highest BCUT2D eigenvalue weighted by Gasteiger charge is 2.36. The number of carboxylic acids is 1. The number of likely N-dealkylation sites (tertiary alicyclic amines) is 1. The Kier molecular flexibility index (Phi) is 11.2. The number of hydrogen-bond acceptors (Lipinski definition) is 4. The summed E-state index contributed by atoms with van der Waals surface area (Å²) in [4.78, 5) is 41.2. The van der Waals surface area contributed by atoms with E-state index in [9.17, 15) is 37.1 Å². The molecule has 12 heteroatoms. The zero-order valence-electron chi connectivity index (χ0n) is 28.0. The number of carboxylic acid groups (broad SMARTS) is 1. The van der Waals surface area contributed by atoms with E-state index in [0.29, 0.717) is 40.4 Å². The topological polar surface area (TPSA) is 91.6 Å². The molecule has 2 aromatic carbocycles. The second-order valence-electron chi connectivity index (χ2n) is 13.2. The summed E-state index contributed by atoms with van der Waals surface area (Å²) in [6.07, 6.45) is -3.46. The highest BCUT2D eigenvalue weighted by atomic mass is 19.4. The zero-order chi connectivity index (χ0) is 35.7.